The van der Waals surface area contributed by atoms with E-state index in [1.807, 2.05) is 0 Å². The number of hydrogen-bond acceptors (Lipinski definition) is 2. The van der Waals surface area contributed by atoms with Crippen molar-refractivity contribution in [1.82, 2.24) is 4.90 Å². The van der Waals surface area contributed by atoms with Crippen molar-refractivity contribution in [3.63, 3.8) is 0 Å². The molecule has 0 aromatic carbocycles. The standard InChI is InChI=1S/C18H26F3NO3/c19-18(20,21)13-7-5-11(6-8-13)9-16(23)22-14-4-2-1-3-12(14)10-15(22)17(24)25/h11-15H,1-10H2,(H,24,25). The van der Waals surface area contributed by atoms with Crippen LogP contribution in [0.15, 0.2) is 0 Å². The Labute approximate surface area is 145 Å². The Morgan fingerprint density at radius 3 is 2.24 bits per heavy atom. The van der Waals surface area contributed by atoms with E-state index in [1.54, 1.807) is 4.90 Å². The molecule has 0 spiro atoms. The molecule has 3 unspecified atom stereocenters. The van der Waals surface area contributed by atoms with Crippen molar-refractivity contribution >= 4 is 11.9 Å². The molecule has 0 aromatic heterocycles. The first-order valence-electron chi connectivity index (χ1n) is 9.38. The van der Waals surface area contributed by atoms with E-state index in [0.717, 1.165) is 25.7 Å². The van der Waals surface area contributed by atoms with Gasteiger partial charge in [0.25, 0.3) is 0 Å². The van der Waals surface area contributed by atoms with Crippen molar-refractivity contribution in [2.24, 2.45) is 17.8 Å². The smallest absolute Gasteiger partial charge is 0.391 e. The van der Waals surface area contributed by atoms with Gasteiger partial charge in [-0.05, 0) is 56.8 Å². The second-order valence-corrected chi connectivity index (χ2v) is 7.97. The van der Waals surface area contributed by atoms with Crippen molar-refractivity contribution < 1.29 is 27.9 Å². The van der Waals surface area contributed by atoms with Crippen molar-refractivity contribution in [3.8, 4) is 0 Å². The van der Waals surface area contributed by atoms with Gasteiger partial charge in [-0.1, -0.05) is 12.8 Å². The summed E-state index contributed by atoms with van der Waals surface area (Å²) < 4.78 is 38.3. The summed E-state index contributed by atoms with van der Waals surface area (Å²) >= 11 is 0. The molecule has 4 nitrogen and oxygen atoms in total. The highest BCUT2D eigenvalue weighted by atomic mass is 19.4. The fourth-order valence-corrected chi connectivity index (χ4v) is 5.09. The first kappa shape index (κ1) is 18.5. The summed E-state index contributed by atoms with van der Waals surface area (Å²) in [5.41, 5.74) is 0. The first-order valence-corrected chi connectivity index (χ1v) is 9.38. The first-order chi connectivity index (χ1) is 11.8. The fourth-order valence-electron chi connectivity index (χ4n) is 5.09. The number of rotatable bonds is 3. The number of alkyl halides is 3. The lowest BCUT2D eigenvalue weighted by atomic mass is 9.80. The predicted octanol–water partition coefficient (Wildman–Crippen LogP) is 3.99. The molecule has 2 aliphatic carbocycles. The van der Waals surface area contributed by atoms with Crippen LogP contribution in [0.2, 0.25) is 0 Å². The molecule has 3 atom stereocenters. The normalized spacial score (nSPS) is 36.1. The van der Waals surface area contributed by atoms with Crippen LogP contribution in [0.25, 0.3) is 0 Å². The average molecular weight is 361 g/mol. The van der Waals surface area contributed by atoms with Gasteiger partial charge in [-0.3, -0.25) is 4.79 Å². The van der Waals surface area contributed by atoms with E-state index in [-0.39, 0.29) is 43.0 Å². The second-order valence-electron chi connectivity index (χ2n) is 7.97. The Morgan fingerprint density at radius 1 is 1.00 bits per heavy atom. The third-order valence-corrected chi connectivity index (χ3v) is 6.43. The predicted molar refractivity (Wildman–Crippen MR) is 84.8 cm³/mol. The summed E-state index contributed by atoms with van der Waals surface area (Å²) in [4.78, 5) is 26.0. The number of carbonyl (C=O) groups excluding carboxylic acids is 1. The SMILES string of the molecule is O=C(O)C1CC2CCCCC2N1C(=O)CC1CCC(C(F)(F)F)CC1. The molecule has 142 valence electrons. The maximum Gasteiger partial charge on any atom is 0.391 e. The molecule has 1 N–H and O–H groups in total. The highest BCUT2D eigenvalue weighted by Gasteiger charge is 2.48. The van der Waals surface area contributed by atoms with Gasteiger partial charge in [0, 0.05) is 12.5 Å². The van der Waals surface area contributed by atoms with Crippen LogP contribution in [0.4, 0.5) is 13.2 Å². The van der Waals surface area contributed by atoms with Gasteiger partial charge in [0.15, 0.2) is 0 Å². The zero-order valence-electron chi connectivity index (χ0n) is 14.3. The van der Waals surface area contributed by atoms with Crippen LogP contribution in [0.1, 0.15) is 64.2 Å². The maximum absolute atomic E-state index is 12.8. The van der Waals surface area contributed by atoms with Gasteiger partial charge in [-0.15, -0.1) is 0 Å². The number of fused-ring (bicyclic) bond motifs is 1. The third-order valence-electron chi connectivity index (χ3n) is 6.43. The molecule has 1 heterocycles. The molecule has 3 aliphatic rings. The molecule has 25 heavy (non-hydrogen) atoms. The molecule has 0 radical (unpaired) electrons. The lowest BCUT2D eigenvalue weighted by Gasteiger charge is -2.35. The Morgan fingerprint density at radius 2 is 1.64 bits per heavy atom. The molecular weight excluding hydrogens is 335 g/mol. The van der Waals surface area contributed by atoms with E-state index < -0.39 is 24.1 Å². The summed E-state index contributed by atoms with van der Waals surface area (Å²) in [5.74, 6) is -2.16. The largest absolute Gasteiger partial charge is 0.480 e. The van der Waals surface area contributed by atoms with Crippen molar-refractivity contribution in [1.29, 1.82) is 0 Å². The molecule has 2 saturated carbocycles. The summed E-state index contributed by atoms with van der Waals surface area (Å²) in [6.45, 7) is 0. The molecule has 1 saturated heterocycles. The number of carboxylic acids is 1. The van der Waals surface area contributed by atoms with E-state index in [0.29, 0.717) is 19.3 Å². The number of halogens is 3. The van der Waals surface area contributed by atoms with Crippen LogP contribution in [0, 0.1) is 17.8 Å². The van der Waals surface area contributed by atoms with Crippen LogP contribution in [-0.4, -0.2) is 40.1 Å². The van der Waals surface area contributed by atoms with Crippen LogP contribution >= 0.6 is 0 Å². The van der Waals surface area contributed by atoms with Gasteiger partial charge in [0.2, 0.25) is 5.91 Å². The molecule has 0 bridgehead atoms. The number of aliphatic carboxylic acids is 1. The van der Waals surface area contributed by atoms with Crippen LogP contribution in [-0.2, 0) is 9.59 Å². The molecule has 7 heteroatoms. The Balaban J connectivity index is 1.61. The van der Waals surface area contributed by atoms with Gasteiger partial charge >= 0.3 is 12.1 Å². The average Bonchev–Trinajstić information content (AvgIpc) is 2.94. The number of nitrogens with zero attached hydrogens (tertiary/aromatic N) is 1. The van der Waals surface area contributed by atoms with Crippen molar-refractivity contribution in [3.05, 3.63) is 0 Å². The fraction of sp³-hybridized carbons (Fsp3) is 0.889. The van der Waals surface area contributed by atoms with Crippen LogP contribution < -0.4 is 0 Å². The monoisotopic (exact) mass is 361 g/mol. The minimum atomic E-state index is -4.15. The number of hydrogen-bond donors (Lipinski definition) is 1. The second kappa shape index (κ2) is 7.16. The zero-order valence-corrected chi connectivity index (χ0v) is 14.3. The summed E-state index contributed by atoms with van der Waals surface area (Å²) in [6, 6.07) is -0.749. The number of carbonyl (C=O) groups is 2. The van der Waals surface area contributed by atoms with E-state index in [1.165, 1.54) is 0 Å². The number of likely N-dealkylation sites (tertiary alicyclic amines) is 1. The zero-order chi connectivity index (χ0) is 18.2. The topological polar surface area (TPSA) is 57.6 Å². The highest BCUT2D eigenvalue weighted by Crippen LogP contribution is 2.43. The number of amides is 1. The Bertz CT molecular complexity index is 514. The molecule has 1 amide bonds. The van der Waals surface area contributed by atoms with Gasteiger partial charge in [-0.2, -0.15) is 13.2 Å². The lowest BCUT2D eigenvalue weighted by molar-refractivity contribution is -0.184. The summed E-state index contributed by atoms with van der Waals surface area (Å²) in [5, 5.41) is 9.49. The summed E-state index contributed by atoms with van der Waals surface area (Å²) in [6.07, 6.45) is 1.43. The van der Waals surface area contributed by atoms with Crippen molar-refractivity contribution in [2.45, 2.75) is 82.5 Å². The van der Waals surface area contributed by atoms with E-state index >= 15 is 0 Å². The van der Waals surface area contributed by atoms with Crippen molar-refractivity contribution in [2.75, 3.05) is 0 Å². The van der Waals surface area contributed by atoms with Gasteiger partial charge in [-0.25, -0.2) is 4.79 Å². The Kier molecular flexibility index (Phi) is 5.30. The van der Waals surface area contributed by atoms with E-state index in [2.05, 4.69) is 0 Å². The van der Waals surface area contributed by atoms with E-state index in [9.17, 15) is 27.9 Å². The van der Waals surface area contributed by atoms with Gasteiger partial charge in [0.1, 0.15) is 6.04 Å². The Hall–Kier alpha value is -1.27. The lowest BCUT2D eigenvalue weighted by Crippen LogP contribution is -2.46. The number of carboxylic acid groups (broad SMARTS) is 1. The minimum Gasteiger partial charge on any atom is -0.480 e. The summed E-state index contributed by atoms with van der Waals surface area (Å²) in [7, 11) is 0. The van der Waals surface area contributed by atoms with Crippen LogP contribution in [0.3, 0.4) is 0 Å². The quantitative estimate of drug-likeness (QED) is 0.827. The van der Waals surface area contributed by atoms with Gasteiger partial charge in [0.05, 0.1) is 5.92 Å². The molecular formula is C18H26F3NO3. The molecule has 0 aromatic rings. The van der Waals surface area contributed by atoms with Crippen LogP contribution in [0.5, 0.6) is 0 Å². The molecule has 1 aliphatic heterocycles. The minimum absolute atomic E-state index is 0.00821. The highest BCUT2D eigenvalue weighted by molar-refractivity contribution is 5.85. The van der Waals surface area contributed by atoms with E-state index in [4.69, 9.17) is 0 Å². The molecule has 3 fully saturated rings. The van der Waals surface area contributed by atoms with Gasteiger partial charge < -0.3 is 10.0 Å². The molecule has 3 rings (SSSR count). The third kappa shape index (κ3) is 3.95. The maximum atomic E-state index is 12.8.